The first kappa shape index (κ1) is 18.7. The molecule has 0 spiro atoms. The SMILES string of the molecule is Cc1c(C(=O)Nc2cccc(C(O)CO)c2)nnn1-c1cccc2cccnc12. The molecule has 1 atom stereocenters. The quantitative estimate of drug-likeness (QED) is 0.483. The van der Waals surface area contributed by atoms with Crippen LogP contribution in [-0.4, -0.2) is 42.7 Å². The van der Waals surface area contributed by atoms with Gasteiger partial charge in [-0.1, -0.05) is 35.5 Å². The topological polar surface area (TPSA) is 113 Å². The van der Waals surface area contributed by atoms with Crippen LogP contribution in [0, 0.1) is 6.92 Å². The van der Waals surface area contributed by atoms with Gasteiger partial charge in [0.15, 0.2) is 5.69 Å². The highest BCUT2D eigenvalue weighted by molar-refractivity contribution is 6.03. The fraction of sp³-hybridized carbons (Fsp3) is 0.143. The van der Waals surface area contributed by atoms with E-state index in [1.165, 1.54) is 0 Å². The van der Waals surface area contributed by atoms with Gasteiger partial charge in [-0.3, -0.25) is 9.78 Å². The van der Waals surface area contributed by atoms with Gasteiger partial charge in [0, 0.05) is 17.3 Å². The van der Waals surface area contributed by atoms with Gasteiger partial charge in [0.25, 0.3) is 5.91 Å². The van der Waals surface area contributed by atoms with E-state index in [1.807, 2.05) is 30.3 Å². The third-order valence-electron chi connectivity index (χ3n) is 4.65. The Labute approximate surface area is 166 Å². The second kappa shape index (κ2) is 7.78. The number of pyridine rings is 1. The van der Waals surface area contributed by atoms with E-state index in [1.54, 1.807) is 42.1 Å². The average molecular weight is 389 g/mol. The molecule has 3 N–H and O–H groups in total. The predicted molar refractivity (Wildman–Crippen MR) is 108 cm³/mol. The number of rotatable bonds is 5. The summed E-state index contributed by atoms with van der Waals surface area (Å²) in [5, 5.41) is 30.8. The minimum absolute atomic E-state index is 0.186. The van der Waals surface area contributed by atoms with Crippen LogP contribution in [0.5, 0.6) is 0 Å². The molecule has 8 heteroatoms. The van der Waals surface area contributed by atoms with Crippen LogP contribution in [0.4, 0.5) is 5.69 Å². The highest BCUT2D eigenvalue weighted by atomic mass is 16.3. The number of amides is 1. The van der Waals surface area contributed by atoms with Crippen LogP contribution >= 0.6 is 0 Å². The summed E-state index contributed by atoms with van der Waals surface area (Å²) in [4.78, 5) is 17.2. The number of anilines is 1. The minimum Gasteiger partial charge on any atom is -0.393 e. The summed E-state index contributed by atoms with van der Waals surface area (Å²) in [5.41, 5.74) is 3.26. The zero-order chi connectivity index (χ0) is 20.4. The zero-order valence-corrected chi connectivity index (χ0v) is 15.6. The van der Waals surface area contributed by atoms with Crippen molar-refractivity contribution in [2.45, 2.75) is 13.0 Å². The number of aromatic nitrogens is 4. The Bertz CT molecular complexity index is 1180. The van der Waals surface area contributed by atoms with E-state index in [9.17, 15) is 9.90 Å². The van der Waals surface area contributed by atoms with Crippen molar-refractivity contribution < 1.29 is 15.0 Å². The van der Waals surface area contributed by atoms with Crippen molar-refractivity contribution in [3.8, 4) is 5.69 Å². The van der Waals surface area contributed by atoms with Crippen molar-refractivity contribution in [1.82, 2.24) is 20.0 Å². The number of hydrogen-bond acceptors (Lipinski definition) is 6. The average Bonchev–Trinajstić information content (AvgIpc) is 3.14. The summed E-state index contributed by atoms with van der Waals surface area (Å²) in [5.74, 6) is -0.419. The van der Waals surface area contributed by atoms with E-state index in [-0.39, 0.29) is 5.69 Å². The van der Waals surface area contributed by atoms with E-state index in [4.69, 9.17) is 5.11 Å². The molecule has 29 heavy (non-hydrogen) atoms. The molecule has 4 aromatic rings. The van der Waals surface area contributed by atoms with Gasteiger partial charge in [0.2, 0.25) is 0 Å². The maximum Gasteiger partial charge on any atom is 0.278 e. The smallest absolute Gasteiger partial charge is 0.278 e. The highest BCUT2D eigenvalue weighted by Crippen LogP contribution is 2.22. The second-order valence-electron chi connectivity index (χ2n) is 6.57. The van der Waals surface area contributed by atoms with E-state index < -0.39 is 18.6 Å². The molecule has 1 amide bonds. The lowest BCUT2D eigenvalue weighted by atomic mass is 10.1. The van der Waals surface area contributed by atoms with Crippen molar-refractivity contribution in [3.05, 3.63) is 77.7 Å². The molecule has 8 nitrogen and oxygen atoms in total. The number of carbonyl (C=O) groups excluding carboxylic acids is 1. The third-order valence-corrected chi connectivity index (χ3v) is 4.65. The summed E-state index contributed by atoms with van der Waals surface area (Å²) in [6.45, 7) is 1.37. The lowest BCUT2D eigenvalue weighted by Crippen LogP contribution is -2.14. The number of aliphatic hydroxyl groups excluding tert-OH is 2. The summed E-state index contributed by atoms with van der Waals surface area (Å²) >= 11 is 0. The Kier molecular flexibility index (Phi) is 5.03. The maximum absolute atomic E-state index is 12.7. The van der Waals surface area contributed by atoms with Gasteiger partial charge in [-0.15, -0.1) is 5.10 Å². The monoisotopic (exact) mass is 389 g/mol. The fourth-order valence-corrected chi connectivity index (χ4v) is 3.15. The number of benzene rings is 2. The van der Waals surface area contributed by atoms with Crippen LogP contribution in [0.1, 0.15) is 27.8 Å². The molecule has 2 aromatic carbocycles. The van der Waals surface area contributed by atoms with Crippen LogP contribution in [0.2, 0.25) is 0 Å². The number of aliphatic hydroxyl groups is 2. The fourth-order valence-electron chi connectivity index (χ4n) is 3.15. The van der Waals surface area contributed by atoms with Gasteiger partial charge in [-0.25, -0.2) is 4.68 Å². The van der Waals surface area contributed by atoms with Gasteiger partial charge >= 0.3 is 0 Å². The molecule has 0 aliphatic rings. The molecule has 4 rings (SSSR count). The number of hydrogen-bond donors (Lipinski definition) is 3. The molecule has 2 aromatic heterocycles. The summed E-state index contributed by atoms with van der Waals surface area (Å²) in [6, 6.07) is 16.2. The molecular formula is C21H19N5O3. The number of nitrogens with one attached hydrogen (secondary N) is 1. The second-order valence-corrected chi connectivity index (χ2v) is 6.57. The van der Waals surface area contributed by atoms with Crippen molar-refractivity contribution in [2.75, 3.05) is 11.9 Å². The van der Waals surface area contributed by atoms with Crippen LogP contribution in [-0.2, 0) is 0 Å². The lowest BCUT2D eigenvalue weighted by molar-refractivity contribution is 0.0956. The Balaban J connectivity index is 1.64. The van der Waals surface area contributed by atoms with Crippen LogP contribution < -0.4 is 5.32 Å². The van der Waals surface area contributed by atoms with E-state index >= 15 is 0 Å². The lowest BCUT2D eigenvalue weighted by Gasteiger charge is -2.10. The number of nitrogens with zero attached hydrogens (tertiary/aromatic N) is 4. The minimum atomic E-state index is -1.01. The molecule has 0 fully saturated rings. The van der Waals surface area contributed by atoms with Crippen LogP contribution in [0.3, 0.4) is 0 Å². The molecular weight excluding hydrogens is 370 g/mol. The molecule has 2 heterocycles. The molecule has 0 bridgehead atoms. The summed E-state index contributed by atoms with van der Waals surface area (Å²) in [6.07, 6.45) is 0.702. The van der Waals surface area contributed by atoms with Crippen molar-refractivity contribution in [3.63, 3.8) is 0 Å². The van der Waals surface area contributed by atoms with Crippen LogP contribution in [0.15, 0.2) is 60.8 Å². The normalized spacial score (nSPS) is 12.1. The number of para-hydroxylation sites is 1. The van der Waals surface area contributed by atoms with Gasteiger partial charge in [0.1, 0.15) is 6.10 Å². The number of fused-ring (bicyclic) bond motifs is 1. The molecule has 0 radical (unpaired) electrons. The molecule has 0 saturated carbocycles. The largest absolute Gasteiger partial charge is 0.393 e. The van der Waals surface area contributed by atoms with Crippen molar-refractivity contribution in [2.24, 2.45) is 0 Å². The van der Waals surface area contributed by atoms with E-state index in [0.29, 0.717) is 16.9 Å². The summed E-state index contributed by atoms with van der Waals surface area (Å²) in [7, 11) is 0. The first-order valence-electron chi connectivity index (χ1n) is 9.05. The van der Waals surface area contributed by atoms with Gasteiger partial charge in [-0.05, 0) is 36.8 Å². The molecule has 0 saturated heterocycles. The van der Waals surface area contributed by atoms with Gasteiger partial charge in [0.05, 0.1) is 23.5 Å². The molecule has 0 aliphatic heterocycles. The molecule has 1 unspecified atom stereocenters. The summed E-state index contributed by atoms with van der Waals surface area (Å²) < 4.78 is 1.59. The maximum atomic E-state index is 12.7. The Hall–Kier alpha value is -3.62. The molecule has 146 valence electrons. The predicted octanol–water partition coefficient (Wildman–Crippen LogP) is 2.40. The van der Waals surface area contributed by atoms with Crippen molar-refractivity contribution >= 4 is 22.5 Å². The van der Waals surface area contributed by atoms with E-state index in [0.717, 1.165) is 16.6 Å². The third kappa shape index (κ3) is 3.58. The first-order valence-corrected chi connectivity index (χ1v) is 9.05. The zero-order valence-electron chi connectivity index (χ0n) is 15.6. The standard InChI is InChI=1S/C21H19N5O3/c1-13-19(21(29)23-16-8-2-6-15(11-16)18(28)12-27)24-25-26(13)17-9-3-5-14-7-4-10-22-20(14)17/h2-11,18,27-28H,12H2,1H3,(H,23,29). The van der Waals surface area contributed by atoms with E-state index in [2.05, 4.69) is 20.6 Å². The van der Waals surface area contributed by atoms with Gasteiger partial charge < -0.3 is 15.5 Å². The van der Waals surface area contributed by atoms with Crippen molar-refractivity contribution in [1.29, 1.82) is 0 Å². The van der Waals surface area contributed by atoms with Crippen LogP contribution in [0.25, 0.3) is 16.6 Å². The number of carbonyl (C=O) groups is 1. The van der Waals surface area contributed by atoms with Gasteiger partial charge in [-0.2, -0.15) is 0 Å². The Morgan fingerprint density at radius 3 is 2.79 bits per heavy atom. The Morgan fingerprint density at radius 1 is 1.17 bits per heavy atom. The molecule has 0 aliphatic carbocycles. The Morgan fingerprint density at radius 2 is 1.97 bits per heavy atom. The first-order chi connectivity index (χ1) is 14.1. The highest BCUT2D eigenvalue weighted by Gasteiger charge is 2.19.